The zero-order valence-corrected chi connectivity index (χ0v) is 6.10. The first-order valence-electron chi connectivity index (χ1n) is 2.93. The fourth-order valence-corrected chi connectivity index (χ4v) is 3.14. The average Bonchev–Trinajstić information content (AvgIpc) is 1.55. The fourth-order valence-electron chi connectivity index (χ4n) is 2.00. The number of hydrogen-bond acceptors (Lipinski definition) is 0. The van der Waals surface area contributed by atoms with E-state index >= 15 is 0 Å². The zero-order chi connectivity index (χ0) is 5.83. The number of halogens is 2. The first-order valence-corrected chi connectivity index (χ1v) is 3.84. The summed E-state index contributed by atoms with van der Waals surface area (Å²) in [5.74, 6) is 0.821. The van der Waals surface area contributed by atoms with E-state index in [1.807, 2.05) is 0 Å². The van der Waals surface area contributed by atoms with Crippen LogP contribution in [0, 0.1) is 5.41 Å². The van der Waals surface area contributed by atoms with Crippen molar-refractivity contribution in [2.75, 3.05) is 5.88 Å². The third-order valence-electron chi connectivity index (χ3n) is 2.36. The first kappa shape index (κ1) is 5.37. The van der Waals surface area contributed by atoms with Gasteiger partial charge in [-0.3, -0.25) is 0 Å². The van der Waals surface area contributed by atoms with E-state index in [2.05, 4.69) is 0 Å². The molecule has 0 atom stereocenters. The Bertz CT molecular complexity index is 111. The van der Waals surface area contributed by atoms with E-state index in [4.69, 9.17) is 23.2 Å². The van der Waals surface area contributed by atoms with Gasteiger partial charge >= 0.3 is 0 Å². The Morgan fingerprint density at radius 1 is 1.25 bits per heavy atom. The van der Waals surface area contributed by atoms with Crippen LogP contribution < -0.4 is 0 Å². The molecule has 0 nitrogen and oxygen atoms in total. The lowest BCUT2D eigenvalue weighted by molar-refractivity contribution is -0.0581. The van der Waals surface area contributed by atoms with Crippen LogP contribution in [0.1, 0.15) is 19.3 Å². The van der Waals surface area contributed by atoms with Crippen LogP contribution in [0.2, 0.25) is 0 Å². The van der Waals surface area contributed by atoms with Gasteiger partial charge in [-0.2, -0.15) is 0 Å². The van der Waals surface area contributed by atoms with Gasteiger partial charge in [0.1, 0.15) is 0 Å². The topological polar surface area (TPSA) is 0 Å². The van der Waals surface area contributed by atoms with Crippen molar-refractivity contribution in [3.8, 4) is 0 Å². The van der Waals surface area contributed by atoms with Crippen LogP contribution in [0.5, 0.6) is 0 Å². The summed E-state index contributed by atoms with van der Waals surface area (Å²) in [5.41, 5.74) is 0.503. The van der Waals surface area contributed by atoms with Gasteiger partial charge in [-0.1, -0.05) is 0 Å². The lowest BCUT2D eigenvalue weighted by Crippen LogP contribution is -2.64. The van der Waals surface area contributed by atoms with Crippen LogP contribution in [0.4, 0.5) is 0 Å². The molecular formula is C6H8Cl2. The number of alkyl halides is 2. The number of rotatable bonds is 1. The monoisotopic (exact) mass is 150 g/mol. The maximum atomic E-state index is 5.98. The third-order valence-corrected chi connectivity index (χ3v) is 3.33. The minimum absolute atomic E-state index is 0.217. The Morgan fingerprint density at radius 2 is 1.75 bits per heavy atom. The van der Waals surface area contributed by atoms with Crippen molar-refractivity contribution in [3.05, 3.63) is 0 Å². The lowest BCUT2D eigenvalue weighted by atomic mass is 9.45. The average molecular weight is 151 g/mol. The summed E-state index contributed by atoms with van der Waals surface area (Å²) in [5, 5.41) is 0. The smallest absolute Gasteiger partial charge is 0.0464 e. The van der Waals surface area contributed by atoms with Gasteiger partial charge < -0.3 is 0 Å². The van der Waals surface area contributed by atoms with E-state index in [9.17, 15) is 0 Å². The largest absolute Gasteiger partial charge is 0.126 e. The van der Waals surface area contributed by atoms with Gasteiger partial charge in [0.15, 0.2) is 0 Å². The van der Waals surface area contributed by atoms with Crippen LogP contribution in [0.3, 0.4) is 0 Å². The summed E-state index contributed by atoms with van der Waals surface area (Å²) in [6.07, 6.45) is 3.52. The van der Waals surface area contributed by atoms with Crippen LogP contribution in [-0.4, -0.2) is 10.8 Å². The van der Waals surface area contributed by atoms with E-state index in [1.54, 1.807) is 0 Å². The lowest BCUT2D eigenvalue weighted by Gasteiger charge is -2.67. The van der Waals surface area contributed by atoms with Crippen molar-refractivity contribution in [1.29, 1.82) is 0 Å². The Labute approximate surface area is 59.2 Å². The third kappa shape index (κ3) is 0.440. The fraction of sp³-hybridized carbons (Fsp3) is 1.00. The van der Waals surface area contributed by atoms with Crippen molar-refractivity contribution >= 4 is 23.2 Å². The maximum absolute atomic E-state index is 5.98. The highest BCUT2D eigenvalue weighted by Gasteiger charge is 2.66. The highest BCUT2D eigenvalue weighted by molar-refractivity contribution is 6.27. The molecule has 0 aromatic carbocycles. The van der Waals surface area contributed by atoms with Gasteiger partial charge in [-0.05, 0) is 24.7 Å². The van der Waals surface area contributed by atoms with Gasteiger partial charge in [-0.15, -0.1) is 23.2 Å². The summed E-state index contributed by atoms with van der Waals surface area (Å²) in [7, 11) is 0. The minimum atomic E-state index is 0.217. The van der Waals surface area contributed by atoms with Gasteiger partial charge in [-0.25, -0.2) is 0 Å². The van der Waals surface area contributed by atoms with Crippen molar-refractivity contribution in [3.63, 3.8) is 0 Å². The molecule has 0 aromatic heterocycles. The quantitative estimate of drug-likeness (QED) is 0.504. The van der Waals surface area contributed by atoms with Crippen molar-refractivity contribution in [2.24, 2.45) is 5.41 Å². The second kappa shape index (κ2) is 1.19. The predicted octanol–water partition coefficient (Wildman–Crippen LogP) is 2.39. The standard InChI is InChI=1S/C6H8Cl2/c7-4-5-1-6(8,2-5)3-5/h1-4H2. The Morgan fingerprint density at radius 3 is 1.88 bits per heavy atom. The van der Waals surface area contributed by atoms with Crippen LogP contribution in [0.25, 0.3) is 0 Å². The normalized spacial score (nSPS) is 59.2. The molecule has 3 aliphatic carbocycles. The molecule has 0 aromatic rings. The zero-order valence-electron chi connectivity index (χ0n) is 4.58. The molecule has 0 spiro atoms. The van der Waals surface area contributed by atoms with Crippen LogP contribution in [0.15, 0.2) is 0 Å². The molecule has 2 heteroatoms. The highest BCUT2D eigenvalue weighted by atomic mass is 35.5. The molecule has 0 heterocycles. The molecule has 46 valence electrons. The summed E-state index contributed by atoms with van der Waals surface area (Å²) >= 11 is 11.7. The van der Waals surface area contributed by atoms with Gasteiger partial charge in [0.25, 0.3) is 0 Å². The summed E-state index contributed by atoms with van der Waals surface area (Å²) in [6.45, 7) is 0. The molecule has 0 aliphatic heterocycles. The molecule has 8 heavy (non-hydrogen) atoms. The summed E-state index contributed by atoms with van der Waals surface area (Å²) in [4.78, 5) is 0.217. The van der Waals surface area contributed by atoms with Crippen molar-refractivity contribution in [2.45, 2.75) is 24.1 Å². The van der Waals surface area contributed by atoms with E-state index in [0.717, 1.165) is 5.88 Å². The minimum Gasteiger partial charge on any atom is -0.126 e. The summed E-state index contributed by atoms with van der Waals surface area (Å²) < 4.78 is 0. The molecule has 0 radical (unpaired) electrons. The van der Waals surface area contributed by atoms with E-state index < -0.39 is 0 Å². The van der Waals surface area contributed by atoms with Gasteiger partial charge in [0.2, 0.25) is 0 Å². The second-order valence-electron chi connectivity index (χ2n) is 3.31. The molecule has 0 unspecified atom stereocenters. The molecule has 3 saturated carbocycles. The Hall–Kier alpha value is 0.580. The van der Waals surface area contributed by atoms with Crippen molar-refractivity contribution < 1.29 is 0 Å². The molecule has 0 saturated heterocycles. The van der Waals surface area contributed by atoms with E-state index in [1.165, 1.54) is 19.3 Å². The molecule has 3 aliphatic rings. The highest BCUT2D eigenvalue weighted by Crippen LogP contribution is 2.70. The van der Waals surface area contributed by atoms with Crippen LogP contribution in [-0.2, 0) is 0 Å². The Kier molecular flexibility index (Phi) is 0.802. The molecule has 2 bridgehead atoms. The van der Waals surface area contributed by atoms with E-state index in [0.29, 0.717) is 5.41 Å². The molecule has 0 amide bonds. The SMILES string of the molecule is ClCC12CC(Cl)(C1)C2. The predicted molar refractivity (Wildman–Crippen MR) is 35.6 cm³/mol. The number of hydrogen-bond donors (Lipinski definition) is 0. The second-order valence-corrected chi connectivity index (χ2v) is 4.38. The van der Waals surface area contributed by atoms with Crippen LogP contribution >= 0.6 is 23.2 Å². The Balaban J connectivity index is 2.04. The molecule has 0 N–H and O–H groups in total. The van der Waals surface area contributed by atoms with E-state index in [-0.39, 0.29) is 4.87 Å². The summed E-state index contributed by atoms with van der Waals surface area (Å²) in [6, 6.07) is 0. The first-order chi connectivity index (χ1) is 3.68. The maximum Gasteiger partial charge on any atom is 0.0464 e. The molecular weight excluding hydrogens is 143 g/mol. The van der Waals surface area contributed by atoms with Gasteiger partial charge in [0, 0.05) is 10.8 Å². The molecule has 3 fully saturated rings. The van der Waals surface area contributed by atoms with Crippen molar-refractivity contribution in [1.82, 2.24) is 0 Å². The molecule has 3 rings (SSSR count). The van der Waals surface area contributed by atoms with Gasteiger partial charge in [0.05, 0.1) is 0 Å².